The molecule has 0 saturated heterocycles. The first-order chi connectivity index (χ1) is 5.20. The fourth-order valence-corrected chi connectivity index (χ4v) is 0.623. The second kappa shape index (κ2) is 3.01. The maximum Gasteiger partial charge on any atom is 0.331 e. The molecule has 4 nitrogen and oxygen atoms in total. The summed E-state index contributed by atoms with van der Waals surface area (Å²) in [6, 6.07) is 0. The molecule has 0 unspecified atom stereocenters. The lowest BCUT2D eigenvalue weighted by molar-refractivity contribution is -0.132. The molecule has 0 bridgehead atoms. The van der Waals surface area contributed by atoms with Crippen LogP contribution in [0.15, 0.2) is 18.0 Å². The van der Waals surface area contributed by atoms with Gasteiger partial charge in [-0.25, -0.2) is 9.78 Å². The van der Waals surface area contributed by atoms with Gasteiger partial charge in [0.1, 0.15) is 5.82 Å². The molecule has 0 aromatic carbocycles. The molecular formula is C7H8N2O2. The van der Waals surface area contributed by atoms with E-state index in [1.807, 2.05) is 0 Å². The van der Waals surface area contributed by atoms with Crippen LogP contribution in [-0.2, 0) is 4.79 Å². The van der Waals surface area contributed by atoms with Crippen molar-refractivity contribution in [1.29, 1.82) is 0 Å². The lowest BCUT2D eigenvalue weighted by Crippen LogP contribution is -1.95. The van der Waals surface area contributed by atoms with Gasteiger partial charge in [0, 0.05) is 18.0 Å². The topological polar surface area (TPSA) is 66.0 Å². The predicted molar refractivity (Wildman–Crippen MR) is 39.9 cm³/mol. The van der Waals surface area contributed by atoms with E-state index in [4.69, 9.17) is 5.11 Å². The van der Waals surface area contributed by atoms with Gasteiger partial charge in [-0.1, -0.05) is 0 Å². The zero-order valence-electron chi connectivity index (χ0n) is 6.03. The molecule has 2 N–H and O–H groups in total. The van der Waals surface area contributed by atoms with Gasteiger partial charge in [0.05, 0.1) is 0 Å². The third-order valence-electron chi connectivity index (χ3n) is 1.21. The number of rotatable bonds is 2. The smallest absolute Gasteiger partial charge is 0.331 e. The van der Waals surface area contributed by atoms with Crippen LogP contribution >= 0.6 is 0 Å². The van der Waals surface area contributed by atoms with Gasteiger partial charge in [-0.3, -0.25) is 0 Å². The molecule has 1 aromatic rings. The highest BCUT2D eigenvalue weighted by Crippen LogP contribution is 1.99. The maximum atomic E-state index is 10.3. The number of nitrogens with zero attached hydrogens (tertiary/aromatic N) is 1. The van der Waals surface area contributed by atoms with Gasteiger partial charge < -0.3 is 10.1 Å². The number of H-pyrrole nitrogens is 1. The Morgan fingerprint density at radius 2 is 2.55 bits per heavy atom. The van der Waals surface area contributed by atoms with Crippen LogP contribution in [0.1, 0.15) is 12.7 Å². The first-order valence-electron chi connectivity index (χ1n) is 3.11. The van der Waals surface area contributed by atoms with Gasteiger partial charge in [-0.15, -0.1) is 0 Å². The Kier molecular flexibility index (Phi) is 2.06. The van der Waals surface area contributed by atoms with Crippen molar-refractivity contribution < 1.29 is 9.90 Å². The Hall–Kier alpha value is -1.58. The quantitative estimate of drug-likeness (QED) is 0.618. The van der Waals surface area contributed by atoms with Crippen molar-refractivity contribution in [2.24, 2.45) is 0 Å². The molecule has 0 saturated carbocycles. The van der Waals surface area contributed by atoms with Crippen molar-refractivity contribution in [1.82, 2.24) is 9.97 Å². The standard InChI is InChI=1S/C7H8N2O2/c1-5(7(10)11)4-6-8-2-3-9-6/h2-4H,1H3,(H,8,9)(H,10,11). The highest BCUT2D eigenvalue weighted by molar-refractivity contribution is 5.90. The van der Waals surface area contributed by atoms with Crippen molar-refractivity contribution in [3.05, 3.63) is 23.8 Å². The number of nitrogens with one attached hydrogen (secondary N) is 1. The number of hydrogen-bond acceptors (Lipinski definition) is 2. The SMILES string of the molecule is CC(=Cc1ncc[nH]1)C(=O)O. The molecule has 0 fully saturated rings. The van der Waals surface area contributed by atoms with E-state index in [2.05, 4.69) is 9.97 Å². The van der Waals surface area contributed by atoms with Gasteiger partial charge >= 0.3 is 5.97 Å². The monoisotopic (exact) mass is 152 g/mol. The van der Waals surface area contributed by atoms with Crippen LogP contribution in [0.3, 0.4) is 0 Å². The van der Waals surface area contributed by atoms with E-state index < -0.39 is 5.97 Å². The van der Waals surface area contributed by atoms with Crippen molar-refractivity contribution >= 4 is 12.0 Å². The van der Waals surface area contributed by atoms with Gasteiger partial charge in [0.15, 0.2) is 0 Å². The number of imidazole rings is 1. The van der Waals surface area contributed by atoms with Gasteiger partial charge in [-0.2, -0.15) is 0 Å². The molecule has 0 radical (unpaired) electrons. The van der Waals surface area contributed by atoms with Crippen LogP contribution in [0.4, 0.5) is 0 Å². The highest BCUT2D eigenvalue weighted by Gasteiger charge is 1.99. The van der Waals surface area contributed by atoms with E-state index in [-0.39, 0.29) is 5.57 Å². The molecule has 4 heteroatoms. The number of carboxylic acid groups (broad SMARTS) is 1. The lowest BCUT2D eigenvalue weighted by atomic mass is 10.3. The summed E-state index contributed by atoms with van der Waals surface area (Å²) in [6.45, 7) is 1.52. The van der Waals surface area contributed by atoms with Gasteiger partial charge in [0.25, 0.3) is 0 Å². The minimum absolute atomic E-state index is 0.264. The van der Waals surface area contributed by atoms with E-state index in [0.717, 1.165) is 0 Å². The average molecular weight is 152 g/mol. The Labute approximate surface area is 63.6 Å². The normalized spacial score (nSPS) is 11.5. The second-order valence-electron chi connectivity index (χ2n) is 2.11. The van der Waals surface area contributed by atoms with Gasteiger partial charge in [-0.05, 0) is 13.0 Å². The molecule has 1 aromatic heterocycles. The largest absolute Gasteiger partial charge is 0.478 e. The highest BCUT2D eigenvalue weighted by atomic mass is 16.4. The van der Waals surface area contributed by atoms with Crippen LogP contribution < -0.4 is 0 Å². The van der Waals surface area contributed by atoms with Crippen molar-refractivity contribution in [2.45, 2.75) is 6.92 Å². The summed E-state index contributed by atoms with van der Waals surface area (Å²) >= 11 is 0. The summed E-state index contributed by atoms with van der Waals surface area (Å²) in [5.41, 5.74) is 0.264. The molecule has 0 atom stereocenters. The van der Waals surface area contributed by atoms with Gasteiger partial charge in [0.2, 0.25) is 0 Å². The Bertz CT molecular complexity index is 275. The average Bonchev–Trinajstić information content (AvgIpc) is 2.39. The number of carbonyl (C=O) groups is 1. The Balaban J connectivity index is 2.82. The van der Waals surface area contributed by atoms with E-state index in [0.29, 0.717) is 5.82 Å². The van der Waals surface area contributed by atoms with Crippen molar-refractivity contribution in [2.75, 3.05) is 0 Å². The van der Waals surface area contributed by atoms with E-state index >= 15 is 0 Å². The van der Waals surface area contributed by atoms with Crippen LogP contribution in [0.2, 0.25) is 0 Å². The van der Waals surface area contributed by atoms with E-state index in [1.165, 1.54) is 13.0 Å². The summed E-state index contributed by atoms with van der Waals surface area (Å²) in [7, 11) is 0. The molecule has 1 heterocycles. The summed E-state index contributed by atoms with van der Waals surface area (Å²) in [5, 5.41) is 8.47. The summed E-state index contributed by atoms with van der Waals surface area (Å²) in [4.78, 5) is 16.9. The Morgan fingerprint density at radius 3 is 3.00 bits per heavy atom. The third-order valence-corrected chi connectivity index (χ3v) is 1.21. The molecule has 0 amide bonds. The number of aromatic nitrogens is 2. The molecule has 11 heavy (non-hydrogen) atoms. The zero-order valence-corrected chi connectivity index (χ0v) is 6.03. The van der Waals surface area contributed by atoms with E-state index in [9.17, 15) is 4.79 Å². The van der Waals surface area contributed by atoms with E-state index in [1.54, 1.807) is 12.4 Å². The van der Waals surface area contributed by atoms with Crippen molar-refractivity contribution in [3.63, 3.8) is 0 Å². The van der Waals surface area contributed by atoms with Crippen LogP contribution in [0.5, 0.6) is 0 Å². The maximum absolute atomic E-state index is 10.3. The molecule has 58 valence electrons. The fraction of sp³-hybridized carbons (Fsp3) is 0.143. The number of hydrogen-bond donors (Lipinski definition) is 2. The summed E-state index contributed by atoms with van der Waals surface area (Å²) in [6.07, 6.45) is 4.68. The number of carboxylic acids is 1. The molecule has 0 aliphatic heterocycles. The Morgan fingerprint density at radius 1 is 1.82 bits per heavy atom. The number of aromatic amines is 1. The lowest BCUT2D eigenvalue weighted by Gasteiger charge is -1.89. The molecular weight excluding hydrogens is 144 g/mol. The van der Waals surface area contributed by atoms with Crippen molar-refractivity contribution in [3.8, 4) is 0 Å². The summed E-state index contributed by atoms with van der Waals surface area (Å²) in [5.74, 6) is -0.369. The number of aliphatic carboxylic acids is 1. The van der Waals surface area contributed by atoms with Crippen LogP contribution in [0.25, 0.3) is 6.08 Å². The minimum atomic E-state index is -0.929. The first kappa shape index (κ1) is 7.53. The van der Waals surface area contributed by atoms with Crippen LogP contribution in [-0.4, -0.2) is 21.0 Å². The van der Waals surface area contributed by atoms with Crippen LogP contribution in [0, 0.1) is 0 Å². The predicted octanol–water partition coefficient (Wildman–Crippen LogP) is 0.898. The summed E-state index contributed by atoms with van der Waals surface area (Å²) < 4.78 is 0. The fourth-order valence-electron chi connectivity index (χ4n) is 0.623. The third kappa shape index (κ3) is 1.93. The molecule has 0 aliphatic rings. The molecule has 0 aliphatic carbocycles. The minimum Gasteiger partial charge on any atom is -0.478 e. The molecule has 0 spiro atoms. The first-order valence-corrected chi connectivity index (χ1v) is 3.11. The molecule has 1 rings (SSSR count). The second-order valence-corrected chi connectivity index (χ2v) is 2.11. The zero-order chi connectivity index (χ0) is 8.27.